The van der Waals surface area contributed by atoms with Crippen molar-refractivity contribution in [3.63, 3.8) is 0 Å². The topological polar surface area (TPSA) is 76.9 Å². The van der Waals surface area contributed by atoms with Crippen LogP contribution in [0.2, 0.25) is 0 Å². The molecule has 3 aromatic rings. The molecular weight excluding hydrogens is 300 g/mol. The molecule has 1 N–H and O–H groups in total. The van der Waals surface area contributed by atoms with Crippen molar-refractivity contribution in [2.75, 3.05) is 4.72 Å². The molecular formula is C15H16N4O2S. The molecule has 0 aliphatic rings. The Morgan fingerprint density at radius 1 is 1.27 bits per heavy atom. The van der Waals surface area contributed by atoms with Gasteiger partial charge in [0.05, 0.1) is 11.2 Å². The van der Waals surface area contributed by atoms with Gasteiger partial charge in [0.15, 0.2) is 0 Å². The summed E-state index contributed by atoms with van der Waals surface area (Å²) in [4.78, 5) is 8.28. The fraction of sp³-hybridized carbons (Fsp3) is 0.200. The molecule has 0 atom stereocenters. The van der Waals surface area contributed by atoms with Crippen LogP contribution in [0.1, 0.15) is 12.5 Å². The summed E-state index contributed by atoms with van der Waals surface area (Å²) in [6.07, 6.45) is 4.83. The highest BCUT2D eigenvalue weighted by molar-refractivity contribution is 7.92. The Hall–Kier alpha value is -2.41. The number of nitrogens with zero attached hydrogens (tertiary/aromatic N) is 3. The lowest BCUT2D eigenvalue weighted by Crippen LogP contribution is -2.18. The van der Waals surface area contributed by atoms with Crippen molar-refractivity contribution in [2.45, 2.75) is 25.5 Å². The Kier molecular flexibility index (Phi) is 3.58. The van der Waals surface area contributed by atoms with E-state index in [2.05, 4.69) is 14.7 Å². The van der Waals surface area contributed by atoms with Gasteiger partial charge in [0.2, 0.25) is 5.16 Å². The Balaban J connectivity index is 2.06. The van der Waals surface area contributed by atoms with Gasteiger partial charge in [-0.15, -0.1) is 0 Å². The number of hydrogen-bond donors (Lipinski definition) is 1. The Bertz CT molecular complexity index is 932. The van der Waals surface area contributed by atoms with E-state index in [0.717, 1.165) is 10.9 Å². The number of benzene rings is 1. The van der Waals surface area contributed by atoms with Crippen LogP contribution in [0.5, 0.6) is 0 Å². The first-order chi connectivity index (χ1) is 10.5. The number of rotatable bonds is 4. The molecule has 0 radical (unpaired) electrons. The van der Waals surface area contributed by atoms with E-state index < -0.39 is 10.0 Å². The number of nitrogens with one attached hydrogen (secondary N) is 1. The zero-order valence-corrected chi connectivity index (χ0v) is 13.1. The second kappa shape index (κ2) is 5.42. The summed E-state index contributed by atoms with van der Waals surface area (Å²) in [5, 5.41) is 0.887. The van der Waals surface area contributed by atoms with E-state index in [1.54, 1.807) is 29.1 Å². The lowest BCUT2D eigenvalue weighted by Gasteiger charge is -2.11. The van der Waals surface area contributed by atoms with E-state index in [1.165, 1.54) is 6.20 Å². The van der Waals surface area contributed by atoms with Gasteiger partial charge in [-0.1, -0.05) is 12.1 Å². The van der Waals surface area contributed by atoms with E-state index in [9.17, 15) is 8.42 Å². The number of aryl methyl sites for hydroxylation is 2. The van der Waals surface area contributed by atoms with Crippen molar-refractivity contribution in [2.24, 2.45) is 0 Å². The predicted molar refractivity (Wildman–Crippen MR) is 85.2 cm³/mol. The SMILES string of the molecule is CCn1ccnc1S(=O)(=O)Nc1cccc2cc(C)cnc12. The minimum absolute atomic E-state index is 0.000820. The highest BCUT2D eigenvalue weighted by atomic mass is 32.2. The summed E-state index contributed by atoms with van der Waals surface area (Å²) in [5.74, 6) is 0. The number of para-hydroxylation sites is 1. The first-order valence-electron chi connectivity index (χ1n) is 6.90. The van der Waals surface area contributed by atoms with Crippen LogP contribution in [-0.4, -0.2) is 23.0 Å². The summed E-state index contributed by atoms with van der Waals surface area (Å²) < 4.78 is 29.2. The van der Waals surface area contributed by atoms with Crippen LogP contribution in [0.4, 0.5) is 5.69 Å². The molecule has 0 saturated heterocycles. The number of aromatic nitrogens is 3. The maximum Gasteiger partial charge on any atom is 0.295 e. The highest BCUT2D eigenvalue weighted by Crippen LogP contribution is 2.24. The third-order valence-electron chi connectivity index (χ3n) is 3.35. The van der Waals surface area contributed by atoms with E-state index in [-0.39, 0.29) is 5.16 Å². The van der Waals surface area contributed by atoms with Crippen molar-refractivity contribution in [3.8, 4) is 0 Å². The number of sulfonamides is 1. The van der Waals surface area contributed by atoms with E-state index in [4.69, 9.17) is 0 Å². The van der Waals surface area contributed by atoms with Crippen molar-refractivity contribution < 1.29 is 8.42 Å². The Morgan fingerprint density at radius 3 is 2.86 bits per heavy atom. The normalized spacial score (nSPS) is 11.7. The minimum atomic E-state index is -3.75. The van der Waals surface area contributed by atoms with Gasteiger partial charge >= 0.3 is 0 Å². The van der Waals surface area contributed by atoms with Crippen LogP contribution in [0.15, 0.2) is 48.0 Å². The molecule has 0 unspecified atom stereocenters. The smallest absolute Gasteiger partial charge is 0.295 e. The highest BCUT2D eigenvalue weighted by Gasteiger charge is 2.21. The molecule has 0 saturated carbocycles. The molecule has 0 aliphatic heterocycles. The average molecular weight is 316 g/mol. The van der Waals surface area contributed by atoms with Crippen LogP contribution in [0.3, 0.4) is 0 Å². The Labute approximate surface area is 128 Å². The fourth-order valence-electron chi connectivity index (χ4n) is 2.32. The van der Waals surface area contributed by atoms with E-state index in [0.29, 0.717) is 17.7 Å². The lowest BCUT2D eigenvalue weighted by atomic mass is 10.1. The Morgan fingerprint density at radius 2 is 2.09 bits per heavy atom. The second-order valence-corrected chi connectivity index (χ2v) is 6.57. The number of hydrogen-bond acceptors (Lipinski definition) is 4. The van der Waals surface area contributed by atoms with Crippen molar-refractivity contribution >= 4 is 26.6 Å². The summed E-state index contributed by atoms with van der Waals surface area (Å²) in [5.41, 5.74) is 2.09. The van der Waals surface area contributed by atoms with Crippen molar-refractivity contribution in [1.29, 1.82) is 0 Å². The molecule has 114 valence electrons. The molecule has 0 fully saturated rings. The first kappa shape index (κ1) is 14.5. The summed E-state index contributed by atoms with van der Waals surface area (Å²) in [7, 11) is -3.75. The molecule has 2 heterocycles. The number of fused-ring (bicyclic) bond motifs is 1. The van der Waals surface area contributed by atoms with Crippen LogP contribution < -0.4 is 4.72 Å². The molecule has 2 aromatic heterocycles. The van der Waals surface area contributed by atoms with Crippen LogP contribution >= 0.6 is 0 Å². The molecule has 0 amide bonds. The molecule has 0 bridgehead atoms. The van der Waals surface area contributed by atoms with Gasteiger partial charge in [0.1, 0.15) is 0 Å². The van der Waals surface area contributed by atoms with Gasteiger partial charge in [-0.05, 0) is 31.5 Å². The molecule has 0 aliphatic carbocycles. The quantitative estimate of drug-likeness (QED) is 0.802. The first-order valence-corrected chi connectivity index (χ1v) is 8.39. The van der Waals surface area contributed by atoms with Gasteiger partial charge in [0, 0.05) is 30.5 Å². The van der Waals surface area contributed by atoms with E-state index in [1.807, 2.05) is 26.0 Å². The molecule has 1 aromatic carbocycles. The molecule has 7 heteroatoms. The molecule has 3 rings (SSSR count). The van der Waals surface area contributed by atoms with Gasteiger partial charge in [-0.3, -0.25) is 9.71 Å². The number of pyridine rings is 1. The molecule has 0 spiro atoms. The third-order valence-corrected chi connectivity index (χ3v) is 4.66. The second-order valence-electron chi connectivity index (χ2n) is 4.99. The number of anilines is 1. The largest absolute Gasteiger partial charge is 0.321 e. The van der Waals surface area contributed by atoms with Crippen molar-refractivity contribution in [3.05, 3.63) is 48.4 Å². The lowest BCUT2D eigenvalue weighted by molar-refractivity contribution is 0.574. The third kappa shape index (κ3) is 2.55. The van der Waals surface area contributed by atoms with Gasteiger partial charge < -0.3 is 4.57 Å². The van der Waals surface area contributed by atoms with Gasteiger partial charge in [-0.25, -0.2) is 4.98 Å². The minimum Gasteiger partial charge on any atom is -0.321 e. The van der Waals surface area contributed by atoms with Crippen LogP contribution in [-0.2, 0) is 16.6 Å². The number of imidazole rings is 1. The predicted octanol–water partition coefficient (Wildman–Crippen LogP) is 2.56. The van der Waals surface area contributed by atoms with Crippen molar-refractivity contribution in [1.82, 2.24) is 14.5 Å². The molecule has 22 heavy (non-hydrogen) atoms. The fourth-order valence-corrected chi connectivity index (χ4v) is 3.57. The zero-order chi connectivity index (χ0) is 15.7. The van der Waals surface area contributed by atoms with Gasteiger partial charge in [0.25, 0.3) is 10.0 Å². The molecule has 6 nitrogen and oxygen atoms in total. The maximum atomic E-state index is 12.5. The summed E-state index contributed by atoms with van der Waals surface area (Å²) >= 11 is 0. The zero-order valence-electron chi connectivity index (χ0n) is 12.3. The average Bonchev–Trinajstić information content (AvgIpc) is 2.96. The van der Waals surface area contributed by atoms with Crippen LogP contribution in [0.25, 0.3) is 10.9 Å². The standard InChI is InChI=1S/C15H16N4O2S/c1-3-19-8-7-16-15(19)22(20,21)18-13-6-4-5-12-9-11(2)10-17-14(12)13/h4-10,18H,3H2,1-2H3. The maximum absolute atomic E-state index is 12.5. The monoisotopic (exact) mass is 316 g/mol. The summed E-state index contributed by atoms with van der Waals surface area (Å²) in [6.45, 7) is 4.34. The van der Waals surface area contributed by atoms with E-state index >= 15 is 0 Å². The van der Waals surface area contributed by atoms with Gasteiger partial charge in [-0.2, -0.15) is 8.42 Å². The summed E-state index contributed by atoms with van der Waals surface area (Å²) in [6, 6.07) is 7.36. The van der Waals surface area contributed by atoms with Crippen LogP contribution in [0, 0.1) is 6.92 Å².